The number of rotatable bonds is 6. The van der Waals surface area contributed by atoms with Crippen LogP contribution in [0.5, 0.6) is 11.8 Å². The van der Waals surface area contributed by atoms with Crippen molar-refractivity contribution in [3.05, 3.63) is 76.3 Å². The Labute approximate surface area is 165 Å². The smallest absolute Gasteiger partial charge is 0.227 e. The van der Waals surface area contributed by atoms with E-state index in [1.165, 1.54) is 23.8 Å². The molecular weight excluding hydrogens is 350 g/mol. The van der Waals surface area contributed by atoms with Gasteiger partial charge in [-0.25, -0.2) is 0 Å². The van der Waals surface area contributed by atoms with Crippen molar-refractivity contribution in [1.29, 1.82) is 0 Å². The molecule has 0 saturated heterocycles. The largest absolute Gasteiger partial charge is 0.480 e. The van der Waals surface area contributed by atoms with Crippen molar-refractivity contribution in [3.8, 4) is 22.9 Å². The highest BCUT2D eigenvalue weighted by atomic mass is 16.5. The summed E-state index contributed by atoms with van der Waals surface area (Å²) in [5.74, 6) is 0.930. The second kappa shape index (κ2) is 7.85. The van der Waals surface area contributed by atoms with E-state index in [1.54, 1.807) is 0 Å². The number of carbonyl (C=O) groups is 1. The predicted molar refractivity (Wildman–Crippen MR) is 109 cm³/mol. The van der Waals surface area contributed by atoms with Crippen LogP contribution < -0.4 is 9.47 Å². The van der Waals surface area contributed by atoms with E-state index >= 15 is 0 Å². The molecule has 0 spiro atoms. The molecule has 1 heterocycles. The highest BCUT2D eigenvalue weighted by molar-refractivity contribution is 5.82. The molecule has 4 heteroatoms. The Kier molecular flexibility index (Phi) is 5.11. The number of hydrogen-bond acceptors (Lipinski definition) is 4. The Morgan fingerprint density at radius 1 is 1.00 bits per heavy atom. The summed E-state index contributed by atoms with van der Waals surface area (Å²) in [6, 6.07) is 16.6. The van der Waals surface area contributed by atoms with Gasteiger partial charge in [0.05, 0.1) is 12.7 Å². The second-order valence-electron chi connectivity index (χ2n) is 7.01. The van der Waals surface area contributed by atoms with Gasteiger partial charge in [0.2, 0.25) is 11.8 Å². The van der Waals surface area contributed by atoms with E-state index in [0.29, 0.717) is 23.9 Å². The van der Waals surface area contributed by atoms with Gasteiger partial charge < -0.3 is 9.47 Å². The number of methoxy groups -OCH3 is 1. The van der Waals surface area contributed by atoms with Crippen molar-refractivity contribution in [2.45, 2.75) is 32.8 Å². The Morgan fingerprint density at radius 2 is 1.79 bits per heavy atom. The van der Waals surface area contributed by atoms with Crippen LogP contribution in [-0.2, 0) is 19.4 Å². The third kappa shape index (κ3) is 3.26. The minimum atomic E-state index is 0.348. The number of pyridine rings is 1. The van der Waals surface area contributed by atoms with Gasteiger partial charge in [-0.05, 0) is 54.0 Å². The molecule has 1 aromatic heterocycles. The van der Waals surface area contributed by atoms with Crippen molar-refractivity contribution in [2.75, 3.05) is 7.11 Å². The number of aldehydes is 1. The number of hydrogen-bond donors (Lipinski definition) is 0. The molecule has 0 aliphatic heterocycles. The lowest BCUT2D eigenvalue weighted by Gasteiger charge is -2.16. The van der Waals surface area contributed by atoms with E-state index in [2.05, 4.69) is 42.2 Å². The quantitative estimate of drug-likeness (QED) is 0.574. The fourth-order valence-electron chi connectivity index (χ4n) is 3.94. The summed E-state index contributed by atoms with van der Waals surface area (Å²) >= 11 is 0. The van der Waals surface area contributed by atoms with Gasteiger partial charge in [-0.3, -0.25) is 4.79 Å². The van der Waals surface area contributed by atoms with Crippen molar-refractivity contribution >= 4 is 6.29 Å². The predicted octanol–water partition coefficient (Wildman–Crippen LogP) is 4.95. The molecule has 3 aromatic rings. The van der Waals surface area contributed by atoms with E-state index in [-0.39, 0.29) is 0 Å². The van der Waals surface area contributed by atoms with Crippen LogP contribution in [0.2, 0.25) is 0 Å². The molecule has 0 N–H and O–H groups in total. The normalized spacial score (nSPS) is 12.5. The maximum atomic E-state index is 11.5. The van der Waals surface area contributed by atoms with Crippen LogP contribution in [-0.4, -0.2) is 18.4 Å². The molecule has 4 nitrogen and oxygen atoms in total. The van der Waals surface area contributed by atoms with Crippen molar-refractivity contribution < 1.29 is 14.3 Å². The first-order chi connectivity index (χ1) is 13.7. The number of benzene rings is 2. The highest BCUT2D eigenvalue weighted by Gasteiger charge is 2.25. The topological polar surface area (TPSA) is 48.4 Å². The fraction of sp³-hybridized carbons (Fsp3) is 0.250. The van der Waals surface area contributed by atoms with E-state index in [1.807, 2.05) is 18.2 Å². The van der Waals surface area contributed by atoms with Crippen LogP contribution in [0.15, 0.2) is 48.5 Å². The highest BCUT2D eigenvalue weighted by Crippen LogP contribution is 2.36. The molecule has 1 aliphatic carbocycles. The minimum absolute atomic E-state index is 0.348. The van der Waals surface area contributed by atoms with Crippen molar-refractivity contribution in [1.82, 2.24) is 4.98 Å². The molecule has 28 heavy (non-hydrogen) atoms. The molecule has 0 amide bonds. The average molecular weight is 373 g/mol. The van der Waals surface area contributed by atoms with Crippen LogP contribution in [0.1, 0.15) is 39.0 Å². The Hall–Kier alpha value is -3.14. The van der Waals surface area contributed by atoms with Crippen LogP contribution in [0, 0.1) is 6.92 Å². The van der Waals surface area contributed by atoms with E-state index in [4.69, 9.17) is 9.47 Å². The average Bonchev–Trinajstić information content (AvgIpc) is 3.23. The molecule has 4 rings (SSSR count). The summed E-state index contributed by atoms with van der Waals surface area (Å²) in [6.45, 7) is 2.55. The Bertz CT molecular complexity index is 1010. The maximum Gasteiger partial charge on any atom is 0.227 e. The molecule has 0 saturated carbocycles. The minimum Gasteiger partial charge on any atom is -0.480 e. The van der Waals surface area contributed by atoms with Crippen molar-refractivity contribution in [3.63, 3.8) is 0 Å². The first-order valence-electron chi connectivity index (χ1n) is 9.54. The number of fused-ring (bicyclic) bond motifs is 1. The fourth-order valence-corrected chi connectivity index (χ4v) is 3.94. The van der Waals surface area contributed by atoms with Gasteiger partial charge in [-0.2, -0.15) is 4.98 Å². The van der Waals surface area contributed by atoms with E-state index < -0.39 is 0 Å². The first kappa shape index (κ1) is 18.2. The number of carbonyl (C=O) groups excluding carboxylic acids is 1. The monoisotopic (exact) mass is 373 g/mol. The van der Waals surface area contributed by atoms with Gasteiger partial charge in [0.15, 0.2) is 6.29 Å². The summed E-state index contributed by atoms with van der Waals surface area (Å²) < 4.78 is 11.5. The second-order valence-corrected chi connectivity index (χ2v) is 7.01. The SMILES string of the molecule is COc1nc(OCc2cccc(-c3ccccc3)c2C)c2c(c1C=O)CCC2. The molecular formula is C24H23NO3. The molecule has 0 radical (unpaired) electrons. The summed E-state index contributed by atoms with van der Waals surface area (Å²) in [4.78, 5) is 16.0. The van der Waals surface area contributed by atoms with Gasteiger partial charge in [-0.1, -0.05) is 48.5 Å². The number of aromatic nitrogens is 1. The molecule has 2 aromatic carbocycles. The summed E-state index contributed by atoms with van der Waals surface area (Å²) in [5, 5.41) is 0. The van der Waals surface area contributed by atoms with Gasteiger partial charge in [0.1, 0.15) is 6.61 Å². The zero-order valence-corrected chi connectivity index (χ0v) is 16.2. The lowest BCUT2D eigenvalue weighted by atomic mass is 9.97. The number of ether oxygens (including phenoxy) is 2. The summed E-state index contributed by atoms with van der Waals surface area (Å²) in [5.41, 5.74) is 7.33. The van der Waals surface area contributed by atoms with Crippen LogP contribution >= 0.6 is 0 Å². The lowest BCUT2D eigenvalue weighted by molar-refractivity contribution is 0.111. The summed E-state index contributed by atoms with van der Waals surface area (Å²) in [6.07, 6.45) is 3.59. The maximum absolute atomic E-state index is 11.5. The third-order valence-electron chi connectivity index (χ3n) is 5.44. The molecule has 0 fully saturated rings. The number of nitrogens with zero attached hydrogens (tertiary/aromatic N) is 1. The molecule has 0 unspecified atom stereocenters. The molecule has 0 atom stereocenters. The molecule has 1 aliphatic rings. The van der Waals surface area contributed by atoms with Gasteiger partial charge in [0, 0.05) is 5.56 Å². The van der Waals surface area contributed by atoms with Crippen LogP contribution in [0.3, 0.4) is 0 Å². The van der Waals surface area contributed by atoms with Gasteiger partial charge >= 0.3 is 0 Å². The standard InChI is InChI=1S/C24H23NO3/c1-16-18(10-6-11-19(16)17-8-4-3-5-9-17)15-28-24-21-13-7-12-20(21)22(14-26)23(25-24)27-2/h3-6,8-11,14H,7,12-13,15H2,1-2H3. The summed E-state index contributed by atoms with van der Waals surface area (Å²) in [7, 11) is 1.54. The van der Waals surface area contributed by atoms with E-state index in [9.17, 15) is 4.79 Å². The van der Waals surface area contributed by atoms with Gasteiger partial charge in [0.25, 0.3) is 0 Å². The van der Waals surface area contributed by atoms with Crippen LogP contribution in [0.4, 0.5) is 0 Å². The van der Waals surface area contributed by atoms with E-state index in [0.717, 1.165) is 42.2 Å². The molecule has 0 bridgehead atoms. The zero-order valence-electron chi connectivity index (χ0n) is 16.2. The Morgan fingerprint density at radius 3 is 2.54 bits per heavy atom. The van der Waals surface area contributed by atoms with Crippen LogP contribution in [0.25, 0.3) is 11.1 Å². The molecule has 142 valence electrons. The van der Waals surface area contributed by atoms with Gasteiger partial charge in [-0.15, -0.1) is 0 Å². The zero-order chi connectivity index (χ0) is 19.5. The third-order valence-corrected chi connectivity index (χ3v) is 5.44. The Balaban J connectivity index is 1.64. The lowest BCUT2D eigenvalue weighted by Crippen LogP contribution is -2.07. The first-order valence-corrected chi connectivity index (χ1v) is 9.54. The van der Waals surface area contributed by atoms with Crippen molar-refractivity contribution in [2.24, 2.45) is 0 Å².